The van der Waals surface area contributed by atoms with E-state index in [1.165, 1.54) is 12.3 Å². The molecule has 2 aromatic rings. The Balaban J connectivity index is 1.82. The average Bonchev–Trinajstić information content (AvgIpc) is 3.26. The van der Waals surface area contributed by atoms with E-state index in [-0.39, 0.29) is 36.6 Å². The van der Waals surface area contributed by atoms with E-state index in [2.05, 4.69) is 0 Å². The molecular formula is C24H24O7. The van der Waals surface area contributed by atoms with Crippen LogP contribution in [0.1, 0.15) is 29.8 Å². The van der Waals surface area contributed by atoms with Crippen molar-refractivity contribution in [1.82, 2.24) is 0 Å². The number of esters is 1. The highest BCUT2D eigenvalue weighted by Crippen LogP contribution is 2.21. The molecule has 3 rings (SSSR count). The lowest BCUT2D eigenvalue weighted by molar-refractivity contribution is -0.139. The molecule has 0 fully saturated rings. The van der Waals surface area contributed by atoms with Crippen molar-refractivity contribution in [2.45, 2.75) is 26.4 Å². The van der Waals surface area contributed by atoms with Crippen LogP contribution in [-0.2, 0) is 25.4 Å². The van der Waals surface area contributed by atoms with E-state index in [4.69, 9.17) is 23.7 Å². The molecule has 0 N–H and O–H groups in total. The van der Waals surface area contributed by atoms with Crippen LogP contribution in [0.2, 0.25) is 0 Å². The van der Waals surface area contributed by atoms with Gasteiger partial charge in [-0.15, -0.1) is 0 Å². The minimum Gasteiger partial charge on any atom is -0.497 e. The van der Waals surface area contributed by atoms with E-state index in [9.17, 15) is 9.59 Å². The Morgan fingerprint density at radius 1 is 1.03 bits per heavy atom. The number of hydrogen-bond acceptors (Lipinski definition) is 7. The van der Waals surface area contributed by atoms with Gasteiger partial charge in [0.2, 0.25) is 6.79 Å². The summed E-state index contributed by atoms with van der Waals surface area (Å²) >= 11 is 0. The van der Waals surface area contributed by atoms with Crippen LogP contribution in [-0.4, -0.2) is 31.8 Å². The third-order valence-corrected chi connectivity index (χ3v) is 4.28. The SMILES string of the molecule is COc1ccc(C(=O)C(=CC(=O)OC2=COCO2)Cc2ccc(OC(C)C)cc2)cc1. The predicted octanol–water partition coefficient (Wildman–Crippen LogP) is 4.18. The fraction of sp³-hybridized carbons (Fsp3) is 0.250. The van der Waals surface area contributed by atoms with Crippen LogP contribution in [0.15, 0.2) is 72.4 Å². The van der Waals surface area contributed by atoms with Gasteiger partial charge in [0.1, 0.15) is 11.5 Å². The summed E-state index contributed by atoms with van der Waals surface area (Å²) in [5, 5.41) is 0. The van der Waals surface area contributed by atoms with Crippen LogP contribution in [0.4, 0.5) is 0 Å². The second-order valence-corrected chi connectivity index (χ2v) is 7.00. The van der Waals surface area contributed by atoms with E-state index in [1.54, 1.807) is 31.4 Å². The van der Waals surface area contributed by atoms with E-state index in [1.807, 2.05) is 38.1 Å². The summed E-state index contributed by atoms with van der Waals surface area (Å²) < 4.78 is 25.7. The lowest BCUT2D eigenvalue weighted by atomic mass is 9.96. The van der Waals surface area contributed by atoms with Crippen LogP contribution >= 0.6 is 0 Å². The number of rotatable bonds is 9. The van der Waals surface area contributed by atoms with Crippen LogP contribution < -0.4 is 9.47 Å². The lowest BCUT2D eigenvalue weighted by Crippen LogP contribution is -2.11. The van der Waals surface area contributed by atoms with Crippen LogP contribution in [0.25, 0.3) is 0 Å². The summed E-state index contributed by atoms with van der Waals surface area (Å²) in [7, 11) is 1.55. The fourth-order valence-corrected chi connectivity index (χ4v) is 2.86. The van der Waals surface area contributed by atoms with Gasteiger partial charge in [-0.05, 0) is 55.8 Å². The highest BCUT2D eigenvalue weighted by molar-refractivity contribution is 6.11. The molecule has 0 unspecified atom stereocenters. The third kappa shape index (κ3) is 6.37. The number of ketones is 1. The van der Waals surface area contributed by atoms with Crippen LogP contribution in [0, 0.1) is 0 Å². The second kappa shape index (κ2) is 10.3. The zero-order valence-corrected chi connectivity index (χ0v) is 17.6. The number of carbonyl (C=O) groups is 2. The largest absolute Gasteiger partial charge is 0.497 e. The molecule has 0 saturated heterocycles. The molecule has 0 radical (unpaired) electrons. The Labute approximate surface area is 180 Å². The zero-order chi connectivity index (χ0) is 22.2. The molecule has 1 aliphatic rings. The van der Waals surface area contributed by atoms with E-state index < -0.39 is 5.97 Å². The van der Waals surface area contributed by atoms with Gasteiger partial charge in [-0.3, -0.25) is 4.79 Å². The quantitative estimate of drug-likeness (QED) is 0.339. The first kappa shape index (κ1) is 22.0. The van der Waals surface area contributed by atoms with Gasteiger partial charge >= 0.3 is 11.9 Å². The number of carbonyl (C=O) groups excluding carboxylic acids is 2. The van der Waals surface area contributed by atoms with Gasteiger partial charge in [0.05, 0.1) is 13.2 Å². The molecule has 0 aromatic heterocycles. The molecule has 0 bridgehead atoms. The third-order valence-electron chi connectivity index (χ3n) is 4.28. The Morgan fingerprint density at radius 3 is 2.29 bits per heavy atom. The van der Waals surface area contributed by atoms with Crippen molar-refractivity contribution >= 4 is 11.8 Å². The number of Topliss-reactive ketones (excluding diaryl/α,β-unsaturated/α-hetero) is 1. The van der Waals surface area contributed by atoms with Crippen molar-refractivity contribution in [2.24, 2.45) is 0 Å². The average molecular weight is 424 g/mol. The molecule has 31 heavy (non-hydrogen) atoms. The zero-order valence-electron chi connectivity index (χ0n) is 17.6. The number of hydrogen-bond donors (Lipinski definition) is 0. The van der Waals surface area contributed by atoms with Gasteiger partial charge in [-0.1, -0.05) is 12.1 Å². The molecular weight excluding hydrogens is 400 g/mol. The molecule has 0 amide bonds. The summed E-state index contributed by atoms with van der Waals surface area (Å²) in [6.07, 6.45) is 2.67. The van der Waals surface area contributed by atoms with Gasteiger partial charge in [0, 0.05) is 23.6 Å². The summed E-state index contributed by atoms with van der Waals surface area (Å²) in [6.45, 7) is 3.87. The Kier molecular flexibility index (Phi) is 7.32. The minimum absolute atomic E-state index is 0.0191. The van der Waals surface area contributed by atoms with E-state index >= 15 is 0 Å². The summed E-state index contributed by atoms with van der Waals surface area (Å²) in [4.78, 5) is 25.5. The maximum Gasteiger partial charge on any atom is 0.339 e. The van der Waals surface area contributed by atoms with Crippen molar-refractivity contribution in [3.8, 4) is 11.5 Å². The highest BCUT2D eigenvalue weighted by Gasteiger charge is 2.18. The molecule has 7 heteroatoms. The summed E-state index contributed by atoms with van der Waals surface area (Å²) in [5.41, 5.74) is 1.54. The maximum absolute atomic E-state index is 13.1. The summed E-state index contributed by atoms with van der Waals surface area (Å²) in [6, 6.07) is 14.1. The minimum atomic E-state index is -0.728. The van der Waals surface area contributed by atoms with Crippen molar-refractivity contribution in [3.05, 3.63) is 83.5 Å². The first-order chi connectivity index (χ1) is 14.9. The number of methoxy groups -OCH3 is 1. The fourth-order valence-electron chi connectivity index (χ4n) is 2.86. The molecule has 0 spiro atoms. The molecule has 0 aliphatic carbocycles. The predicted molar refractivity (Wildman–Crippen MR) is 113 cm³/mol. The Hall–Kier alpha value is -3.74. The smallest absolute Gasteiger partial charge is 0.339 e. The van der Waals surface area contributed by atoms with Crippen molar-refractivity contribution in [3.63, 3.8) is 0 Å². The van der Waals surface area contributed by atoms with Gasteiger partial charge in [0.15, 0.2) is 12.0 Å². The molecule has 1 aliphatic heterocycles. The maximum atomic E-state index is 13.1. The highest BCUT2D eigenvalue weighted by atomic mass is 16.8. The Bertz CT molecular complexity index is 970. The normalized spacial score (nSPS) is 13.2. The first-order valence-corrected chi connectivity index (χ1v) is 9.76. The lowest BCUT2D eigenvalue weighted by Gasteiger charge is -2.11. The van der Waals surface area contributed by atoms with Crippen molar-refractivity contribution in [1.29, 1.82) is 0 Å². The van der Waals surface area contributed by atoms with Crippen molar-refractivity contribution < 1.29 is 33.3 Å². The molecule has 7 nitrogen and oxygen atoms in total. The molecule has 0 saturated carbocycles. The van der Waals surface area contributed by atoms with Crippen LogP contribution in [0.3, 0.4) is 0 Å². The Morgan fingerprint density at radius 2 is 1.71 bits per heavy atom. The van der Waals surface area contributed by atoms with Crippen LogP contribution in [0.5, 0.6) is 11.5 Å². The molecule has 0 atom stereocenters. The van der Waals surface area contributed by atoms with Gasteiger partial charge in [-0.2, -0.15) is 0 Å². The van der Waals surface area contributed by atoms with E-state index in [0.717, 1.165) is 11.3 Å². The number of benzene rings is 2. The molecule has 2 aromatic carbocycles. The molecule has 162 valence electrons. The second-order valence-electron chi connectivity index (χ2n) is 7.00. The topological polar surface area (TPSA) is 80.3 Å². The monoisotopic (exact) mass is 424 g/mol. The van der Waals surface area contributed by atoms with Gasteiger partial charge < -0.3 is 23.7 Å². The number of allylic oxidation sites excluding steroid dienone is 1. The number of ether oxygens (including phenoxy) is 5. The summed E-state index contributed by atoms with van der Waals surface area (Å²) in [5.74, 6) is 0.295. The first-order valence-electron chi connectivity index (χ1n) is 9.76. The van der Waals surface area contributed by atoms with Gasteiger partial charge in [0.25, 0.3) is 0 Å². The standard InChI is InChI=1S/C24H24O7/c1-16(2)30-21-8-4-17(5-9-21)12-19(13-22(25)31-23-14-28-15-29-23)24(26)18-6-10-20(27-3)11-7-18/h4-11,13-14,16H,12,15H2,1-3H3. The van der Waals surface area contributed by atoms with E-state index in [0.29, 0.717) is 11.3 Å². The van der Waals surface area contributed by atoms with Crippen molar-refractivity contribution in [2.75, 3.05) is 13.9 Å². The van der Waals surface area contributed by atoms with Gasteiger partial charge in [-0.25, -0.2) is 4.79 Å². The molecule has 1 heterocycles.